The summed E-state index contributed by atoms with van der Waals surface area (Å²) in [6.45, 7) is 1.91. The predicted octanol–water partition coefficient (Wildman–Crippen LogP) is 2.56. The van der Waals surface area contributed by atoms with Gasteiger partial charge in [0.2, 0.25) is 5.95 Å². The van der Waals surface area contributed by atoms with Crippen LogP contribution in [0.15, 0.2) is 36.7 Å². The maximum absolute atomic E-state index is 13.0. The molecular weight excluding hydrogens is 257 g/mol. The van der Waals surface area contributed by atoms with Gasteiger partial charge in [0, 0.05) is 34.8 Å². The Morgan fingerprint density at radius 2 is 1.70 bits per heavy atom. The van der Waals surface area contributed by atoms with E-state index in [-0.39, 0.29) is 11.8 Å². The summed E-state index contributed by atoms with van der Waals surface area (Å²) in [6, 6.07) is 6.18. The Kier molecular flexibility index (Phi) is 2.90. The highest BCUT2D eigenvalue weighted by molar-refractivity contribution is 5.81. The number of aromatic nitrogens is 4. The minimum Gasteiger partial charge on any atom is -0.368 e. The van der Waals surface area contributed by atoms with Crippen molar-refractivity contribution in [1.82, 2.24) is 20.2 Å². The summed E-state index contributed by atoms with van der Waals surface area (Å²) < 4.78 is 13.0. The summed E-state index contributed by atoms with van der Waals surface area (Å²) in [4.78, 5) is 7.98. The molecule has 0 saturated carbocycles. The van der Waals surface area contributed by atoms with Crippen molar-refractivity contribution in [2.24, 2.45) is 0 Å². The molecule has 0 radical (unpaired) electrons. The molecule has 2 aromatic heterocycles. The Labute approximate surface area is 114 Å². The Morgan fingerprint density at radius 1 is 1.05 bits per heavy atom. The van der Waals surface area contributed by atoms with Crippen LogP contribution in [-0.2, 0) is 0 Å². The summed E-state index contributed by atoms with van der Waals surface area (Å²) in [6.07, 6.45) is 3.29. The summed E-state index contributed by atoms with van der Waals surface area (Å²) in [7, 11) is 0. The van der Waals surface area contributed by atoms with Gasteiger partial charge >= 0.3 is 0 Å². The number of aromatic amines is 1. The third kappa shape index (κ3) is 2.11. The minimum absolute atomic E-state index is 0.221. The Balaban J connectivity index is 2.14. The average molecular weight is 269 g/mol. The lowest BCUT2D eigenvalue weighted by Gasteiger charge is -2.04. The summed E-state index contributed by atoms with van der Waals surface area (Å²) >= 11 is 0. The fourth-order valence-corrected chi connectivity index (χ4v) is 2.07. The van der Waals surface area contributed by atoms with E-state index in [2.05, 4.69) is 20.2 Å². The highest BCUT2D eigenvalue weighted by Crippen LogP contribution is 2.32. The molecule has 0 saturated heterocycles. The molecule has 5 nitrogen and oxygen atoms in total. The summed E-state index contributed by atoms with van der Waals surface area (Å²) in [5.41, 5.74) is 9.63. The molecule has 2 heterocycles. The zero-order valence-electron chi connectivity index (χ0n) is 10.8. The van der Waals surface area contributed by atoms with Gasteiger partial charge in [-0.15, -0.1) is 0 Å². The molecule has 0 aliphatic rings. The number of anilines is 1. The van der Waals surface area contributed by atoms with Crippen LogP contribution in [-0.4, -0.2) is 20.2 Å². The quantitative estimate of drug-likeness (QED) is 0.749. The number of rotatable bonds is 2. The second-order valence-electron chi connectivity index (χ2n) is 4.41. The van der Waals surface area contributed by atoms with E-state index in [9.17, 15) is 4.39 Å². The number of nitrogen functional groups attached to an aromatic ring is 1. The number of benzene rings is 1. The SMILES string of the molecule is Cc1[nH]nc(-c2ccc(F)cc2)c1-c1cnc(N)nc1. The van der Waals surface area contributed by atoms with E-state index in [1.807, 2.05) is 6.92 Å². The number of nitrogens with zero attached hydrogens (tertiary/aromatic N) is 3. The molecule has 0 aliphatic heterocycles. The molecule has 100 valence electrons. The first-order chi connectivity index (χ1) is 9.65. The number of aryl methyl sites for hydroxylation is 1. The topological polar surface area (TPSA) is 80.5 Å². The van der Waals surface area contributed by atoms with Gasteiger partial charge in [-0.2, -0.15) is 5.10 Å². The van der Waals surface area contributed by atoms with Crippen LogP contribution in [0.1, 0.15) is 5.69 Å². The van der Waals surface area contributed by atoms with Gasteiger partial charge in [0.25, 0.3) is 0 Å². The lowest BCUT2D eigenvalue weighted by atomic mass is 10.0. The molecule has 3 rings (SSSR count). The number of nitrogens with two attached hydrogens (primary N) is 1. The van der Waals surface area contributed by atoms with E-state index >= 15 is 0 Å². The largest absolute Gasteiger partial charge is 0.368 e. The molecule has 0 unspecified atom stereocenters. The van der Waals surface area contributed by atoms with E-state index in [0.29, 0.717) is 0 Å². The van der Waals surface area contributed by atoms with E-state index in [1.165, 1.54) is 12.1 Å². The molecule has 0 aliphatic carbocycles. The van der Waals surface area contributed by atoms with Crippen LogP contribution in [0.5, 0.6) is 0 Å². The average Bonchev–Trinajstić information content (AvgIpc) is 2.83. The molecule has 1 aromatic carbocycles. The summed E-state index contributed by atoms with van der Waals surface area (Å²) in [5.74, 6) is -0.0587. The fourth-order valence-electron chi connectivity index (χ4n) is 2.07. The highest BCUT2D eigenvalue weighted by Gasteiger charge is 2.15. The first kappa shape index (κ1) is 12.3. The Hall–Kier alpha value is -2.76. The second-order valence-corrected chi connectivity index (χ2v) is 4.41. The van der Waals surface area contributed by atoms with Gasteiger partial charge in [0.1, 0.15) is 11.5 Å². The molecule has 0 fully saturated rings. The van der Waals surface area contributed by atoms with Gasteiger partial charge < -0.3 is 5.73 Å². The van der Waals surface area contributed by atoms with Crippen LogP contribution in [0.2, 0.25) is 0 Å². The molecule has 0 amide bonds. The van der Waals surface area contributed by atoms with Crippen molar-refractivity contribution in [1.29, 1.82) is 0 Å². The van der Waals surface area contributed by atoms with Crippen molar-refractivity contribution in [2.75, 3.05) is 5.73 Å². The Bertz CT molecular complexity index is 731. The smallest absolute Gasteiger partial charge is 0.219 e. The lowest BCUT2D eigenvalue weighted by Crippen LogP contribution is -1.94. The Morgan fingerprint density at radius 3 is 2.35 bits per heavy atom. The predicted molar refractivity (Wildman–Crippen MR) is 74.2 cm³/mol. The molecule has 0 atom stereocenters. The zero-order valence-corrected chi connectivity index (χ0v) is 10.8. The molecule has 20 heavy (non-hydrogen) atoms. The maximum atomic E-state index is 13.0. The maximum Gasteiger partial charge on any atom is 0.219 e. The zero-order chi connectivity index (χ0) is 14.1. The standard InChI is InChI=1S/C14H12FN5/c1-8-12(10-6-17-14(16)18-7-10)13(20-19-8)9-2-4-11(15)5-3-9/h2-7H,1H3,(H,19,20)(H2,16,17,18). The van der Waals surface area contributed by atoms with E-state index in [0.717, 1.165) is 28.1 Å². The van der Waals surface area contributed by atoms with E-state index in [4.69, 9.17) is 5.73 Å². The van der Waals surface area contributed by atoms with E-state index in [1.54, 1.807) is 24.5 Å². The fraction of sp³-hybridized carbons (Fsp3) is 0.0714. The van der Waals surface area contributed by atoms with Crippen LogP contribution in [0.4, 0.5) is 10.3 Å². The minimum atomic E-state index is -0.279. The van der Waals surface area contributed by atoms with E-state index < -0.39 is 0 Å². The van der Waals surface area contributed by atoms with Crippen molar-refractivity contribution in [3.63, 3.8) is 0 Å². The molecular formula is C14H12FN5. The monoisotopic (exact) mass is 269 g/mol. The molecule has 0 bridgehead atoms. The highest BCUT2D eigenvalue weighted by atomic mass is 19.1. The van der Waals surface area contributed by atoms with Crippen LogP contribution in [0.3, 0.4) is 0 Å². The summed E-state index contributed by atoms with van der Waals surface area (Å²) in [5, 5.41) is 7.21. The van der Waals surface area contributed by atoms with Gasteiger partial charge in [0.15, 0.2) is 0 Å². The number of H-pyrrole nitrogens is 1. The van der Waals surface area contributed by atoms with Gasteiger partial charge in [-0.3, -0.25) is 5.10 Å². The first-order valence-corrected chi connectivity index (χ1v) is 6.04. The van der Waals surface area contributed by atoms with Crippen molar-refractivity contribution >= 4 is 5.95 Å². The van der Waals surface area contributed by atoms with Crippen LogP contribution in [0, 0.1) is 12.7 Å². The van der Waals surface area contributed by atoms with Crippen LogP contribution < -0.4 is 5.73 Å². The lowest BCUT2D eigenvalue weighted by molar-refractivity contribution is 0.628. The number of halogens is 1. The molecule has 0 spiro atoms. The third-order valence-corrected chi connectivity index (χ3v) is 3.03. The van der Waals surface area contributed by atoms with Crippen molar-refractivity contribution < 1.29 is 4.39 Å². The first-order valence-electron chi connectivity index (χ1n) is 6.04. The van der Waals surface area contributed by atoms with Crippen molar-refractivity contribution in [3.8, 4) is 22.4 Å². The van der Waals surface area contributed by atoms with Gasteiger partial charge in [-0.25, -0.2) is 14.4 Å². The molecule has 6 heteroatoms. The number of nitrogens with one attached hydrogen (secondary N) is 1. The van der Waals surface area contributed by atoms with Crippen molar-refractivity contribution in [3.05, 3.63) is 48.2 Å². The number of hydrogen-bond donors (Lipinski definition) is 2. The van der Waals surface area contributed by atoms with Gasteiger partial charge in [-0.1, -0.05) is 0 Å². The van der Waals surface area contributed by atoms with Crippen molar-refractivity contribution in [2.45, 2.75) is 6.92 Å². The van der Waals surface area contributed by atoms with Gasteiger partial charge in [0.05, 0.1) is 0 Å². The number of hydrogen-bond acceptors (Lipinski definition) is 4. The third-order valence-electron chi connectivity index (χ3n) is 3.03. The van der Waals surface area contributed by atoms with Crippen LogP contribution in [0.25, 0.3) is 22.4 Å². The normalized spacial score (nSPS) is 10.7. The van der Waals surface area contributed by atoms with Gasteiger partial charge in [-0.05, 0) is 31.2 Å². The second kappa shape index (κ2) is 4.73. The molecule has 3 aromatic rings. The van der Waals surface area contributed by atoms with Crippen LogP contribution >= 0.6 is 0 Å². The molecule has 3 N–H and O–H groups in total.